The quantitative estimate of drug-likeness (QED) is 0.734. The number of alkyl halides is 2. The molecule has 1 atom stereocenters. The Kier molecular flexibility index (Phi) is 5.85. The molecular weight excluding hydrogens is 254 g/mol. The van der Waals surface area contributed by atoms with Crippen LogP contribution in [0.1, 0.15) is 12.5 Å². The molecule has 1 unspecified atom stereocenters. The van der Waals surface area contributed by atoms with Gasteiger partial charge in [-0.1, -0.05) is 30.3 Å². The Morgan fingerprint density at radius 2 is 2.05 bits per heavy atom. The highest BCUT2D eigenvalue weighted by molar-refractivity contribution is 5.86. The number of rotatable bonds is 7. The molecule has 0 fully saturated rings. The summed E-state index contributed by atoms with van der Waals surface area (Å²) in [6.45, 7) is 1.14. The van der Waals surface area contributed by atoms with Gasteiger partial charge in [0, 0.05) is 6.54 Å². The maximum Gasteiger partial charge on any atom is 0.261 e. The Morgan fingerprint density at radius 1 is 1.42 bits per heavy atom. The zero-order valence-electron chi connectivity index (χ0n) is 10.7. The molecule has 4 nitrogen and oxygen atoms in total. The molecule has 19 heavy (non-hydrogen) atoms. The smallest absolute Gasteiger partial charge is 0.261 e. The van der Waals surface area contributed by atoms with E-state index in [9.17, 15) is 13.6 Å². The highest BCUT2D eigenvalue weighted by atomic mass is 19.3. The molecule has 1 aromatic carbocycles. The number of ether oxygens (including phenoxy) is 1. The van der Waals surface area contributed by atoms with Gasteiger partial charge >= 0.3 is 0 Å². The Hall–Kier alpha value is -1.53. The van der Waals surface area contributed by atoms with Crippen LogP contribution < -0.4 is 11.1 Å². The van der Waals surface area contributed by atoms with Crippen molar-refractivity contribution < 1.29 is 18.3 Å². The van der Waals surface area contributed by atoms with Gasteiger partial charge in [0.25, 0.3) is 6.43 Å². The summed E-state index contributed by atoms with van der Waals surface area (Å²) in [6, 6.07) is 8.92. The van der Waals surface area contributed by atoms with Gasteiger partial charge in [-0.15, -0.1) is 0 Å². The maximum absolute atomic E-state index is 11.9. The number of halogens is 2. The predicted molar refractivity (Wildman–Crippen MR) is 67.8 cm³/mol. The standard InChI is InChI=1S/C13H18F2N2O2/c1-13(16,10-5-3-2-4-6-10)12(18)17-7-8-19-9-11(14)15/h2-6,11H,7-9,16H2,1H3,(H,17,18). The Morgan fingerprint density at radius 3 is 2.63 bits per heavy atom. The molecule has 3 N–H and O–H groups in total. The van der Waals surface area contributed by atoms with Crippen molar-refractivity contribution in [2.24, 2.45) is 5.73 Å². The molecule has 0 aliphatic heterocycles. The molecule has 0 bridgehead atoms. The fraction of sp³-hybridized carbons (Fsp3) is 0.462. The third-order valence-corrected chi connectivity index (χ3v) is 2.62. The van der Waals surface area contributed by atoms with Crippen LogP contribution in [0.3, 0.4) is 0 Å². The molecule has 0 saturated heterocycles. The van der Waals surface area contributed by atoms with Crippen LogP contribution in [-0.4, -0.2) is 32.1 Å². The van der Waals surface area contributed by atoms with Gasteiger partial charge in [0.1, 0.15) is 12.1 Å². The topological polar surface area (TPSA) is 64.4 Å². The van der Waals surface area contributed by atoms with Crippen molar-refractivity contribution in [1.29, 1.82) is 0 Å². The molecular formula is C13H18F2N2O2. The second-order valence-electron chi connectivity index (χ2n) is 4.29. The average molecular weight is 272 g/mol. The molecule has 6 heteroatoms. The van der Waals surface area contributed by atoms with Crippen molar-refractivity contribution in [2.75, 3.05) is 19.8 Å². The van der Waals surface area contributed by atoms with Crippen molar-refractivity contribution in [3.05, 3.63) is 35.9 Å². The van der Waals surface area contributed by atoms with E-state index in [-0.39, 0.29) is 19.1 Å². The van der Waals surface area contributed by atoms with Gasteiger partial charge in [-0.05, 0) is 12.5 Å². The Balaban J connectivity index is 2.40. The molecule has 1 aromatic rings. The van der Waals surface area contributed by atoms with Gasteiger partial charge in [0.15, 0.2) is 0 Å². The molecule has 106 valence electrons. The van der Waals surface area contributed by atoms with Gasteiger partial charge in [0.05, 0.1) is 6.61 Å². The summed E-state index contributed by atoms with van der Waals surface area (Å²) in [4.78, 5) is 11.9. The first-order valence-electron chi connectivity index (χ1n) is 5.93. The van der Waals surface area contributed by atoms with Crippen molar-refractivity contribution in [2.45, 2.75) is 18.9 Å². The summed E-state index contributed by atoms with van der Waals surface area (Å²) in [6.07, 6.45) is -2.50. The number of benzene rings is 1. The number of amides is 1. The summed E-state index contributed by atoms with van der Waals surface area (Å²) in [5.41, 5.74) is 5.49. The first-order valence-corrected chi connectivity index (χ1v) is 5.93. The predicted octanol–water partition coefficient (Wildman–Crippen LogP) is 1.26. The normalized spacial score (nSPS) is 14.2. The van der Waals surface area contributed by atoms with Crippen LogP contribution in [-0.2, 0) is 15.1 Å². The second kappa shape index (κ2) is 7.16. The van der Waals surface area contributed by atoms with Crippen LogP contribution >= 0.6 is 0 Å². The van der Waals surface area contributed by atoms with E-state index in [2.05, 4.69) is 10.1 Å². The van der Waals surface area contributed by atoms with Gasteiger partial charge in [-0.2, -0.15) is 0 Å². The molecule has 0 spiro atoms. The lowest BCUT2D eigenvalue weighted by molar-refractivity contribution is -0.126. The number of hydrogen-bond acceptors (Lipinski definition) is 3. The molecule has 0 aliphatic rings. The number of nitrogens with two attached hydrogens (primary N) is 1. The van der Waals surface area contributed by atoms with E-state index in [1.807, 2.05) is 6.07 Å². The highest BCUT2D eigenvalue weighted by Gasteiger charge is 2.29. The van der Waals surface area contributed by atoms with E-state index in [1.54, 1.807) is 31.2 Å². The lowest BCUT2D eigenvalue weighted by Gasteiger charge is -2.24. The molecule has 0 radical (unpaired) electrons. The van der Waals surface area contributed by atoms with Crippen LogP contribution in [0.25, 0.3) is 0 Å². The SMILES string of the molecule is CC(N)(C(=O)NCCOCC(F)F)c1ccccc1. The lowest BCUT2D eigenvalue weighted by atomic mass is 9.92. The molecule has 0 heterocycles. The van der Waals surface area contributed by atoms with Crippen molar-refractivity contribution >= 4 is 5.91 Å². The fourth-order valence-corrected chi connectivity index (χ4v) is 1.51. The van der Waals surface area contributed by atoms with Crippen LogP contribution in [0.2, 0.25) is 0 Å². The average Bonchev–Trinajstić information content (AvgIpc) is 2.38. The van der Waals surface area contributed by atoms with Gasteiger partial charge in [-0.3, -0.25) is 4.79 Å². The monoisotopic (exact) mass is 272 g/mol. The fourth-order valence-electron chi connectivity index (χ4n) is 1.51. The lowest BCUT2D eigenvalue weighted by Crippen LogP contribution is -2.49. The third kappa shape index (κ3) is 4.92. The maximum atomic E-state index is 11.9. The summed E-state index contributed by atoms with van der Waals surface area (Å²) >= 11 is 0. The summed E-state index contributed by atoms with van der Waals surface area (Å²) in [7, 11) is 0. The molecule has 1 rings (SSSR count). The highest BCUT2D eigenvalue weighted by Crippen LogP contribution is 2.16. The zero-order valence-corrected chi connectivity index (χ0v) is 10.7. The van der Waals surface area contributed by atoms with E-state index in [0.717, 1.165) is 0 Å². The molecule has 0 aliphatic carbocycles. The molecule has 0 saturated carbocycles. The molecule has 0 aromatic heterocycles. The first-order chi connectivity index (χ1) is 8.94. The van der Waals surface area contributed by atoms with Crippen molar-refractivity contribution in [3.8, 4) is 0 Å². The van der Waals surface area contributed by atoms with Crippen LogP contribution in [0.5, 0.6) is 0 Å². The number of carbonyl (C=O) groups is 1. The van der Waals surface area contributed by atoms with Crippen molar-refractivity contribution in [1.82, 2.24) is 5.32 Å². The minimum absolute atomic E-state index is 0.0287. The first kappa shape index (κ1) is 15.5. The van der Waals surface area contributed by atoms with Crippen LogP contribution in [0.4, 0.5) is 8.78 Å². The van der Waals surface area contributed by atoms with Crippen molar-refractivity contribution in [3.63, 3.8) is 0 Å². The number of nitrogens with one attached hydrogen (secondary N) is 1. The minimum Gasteiger partial charge on any atom is -0.374 e. The van der Waals surface area contributed by atoms with Crippen LogP contribution in [0.15, 0.2) is 30.3 Å². The number of hydrogen-bond donors (Lipinski definition) is 2. The molecule has 1 amide bonds. The summed E-state index contributed by atoms with van der Waals surface area (Å²) in [5, 5.41) is 2.56. The Labute approximate surface area is 110 Å². The zero-order chi connectivity index (χ0) is 14.3. The second-order valence-corrected chi connectivity index (χ2v) is 4.29. The Bertz CT molecular complexity index is 397. The summed E-state index contributed by atoms with van der Waals surface area (Å²) < 4.78 is 28.3. The summed E-state index contributed by atoms with van der Waals surface area (Å²) in [5.74, 6) is -0.376. The third-order valence-electron chi connectivity index (χ3n) is 2.62. The van der Waals surface area contributed by atoms with Crippen LogP contribution in [0, 0.1) is 0 Å². The van der Waals surface area contributed by atoms with E-state index in [4.69, 9.17) is 5.73 Å². The number of carbonyl (C=O) groups excluding carboxylic acids is 1. The van der Waals surface area contributed by atoms with Gasteiger partial charge in [0.2, 0.25) is 5.91 Å². The van der Waals surface area contributed by atoms with E-state index in [0.29, 0.717) is 5.56 Å². The largest absolute Gasteiger partial charge is 0.374 e. The van der Waals surface area contributed by atoms with E-state index < -0.39 is 18.6 Å². The van der Waals surface area contributed by atoms with Gasteiger partial charge < -0.3 is 15.8 Å². The minimum atomic E-state index is -2.50. The van der Waals surface area contributed by atoms with E-state index >= 15 is 0 Å². The van der Waals surface area contributed by atoms with E-state index in [1.165, 1.54) is 0 Å². The van der Waals surface area contributed by atoms with Gasteiger partial charge in [-0.25, -0.2) is 8.78 Å².